The maximum atomic E-state index is 5.56. The van der Waals surface area contributed by atoms with Crippen molar-refractivity contribution >= 4 is 16.7 Å². The summed E-state index contributed by atoms with van der Waals surface area (Å²) >= 11 is 0. The van der Waals surface area contributed by atoms with Crippen molar-refractivity contribution in [3.8, 4) is 17.2 Å². The molecule has 0 amide bonds. The van der Waals surface area contributed by atoms with Gasteiger partial charge in [-0.3, -0.25) is 0 Å². The largest absolute Gasteiger partial charge is 0.493 e. The van der Waals surface area contributed by atoms with Crippen molar-refractivity contribution in [2.24, 2.45) is 0 Å². The maximum Gasteiger partial charge on any atom is 0.205 e. The van der Waals surface area contributed by atoms with Crippen LogP contribution in [0, 0.1) is 0 Å². The molecule has 1 aromatic heterocycles. The molecular formula is C18H25N3O3. The van der Waals surface area contributed by atoms with E-state index in [1.165, 1.54) is 32.1 Å². The van der Waals surface area contributed by atoms with E-state index in [0.717, 1.165) is 16.7 Å². The standard InChI is InChI=1S/C18H25N3O3/c1-21(12-8-6-5-7-9-12)18-13-10-14(22-2)16(23-3)17(24-4)15(13)19-11-20-18/h10-12H,5-9H2,1-4H3. The Labute approximate surface area is 142 Å². The van der Waals surface area contributed by atoms with Gasteiger partial charge in [-0.1, -0.05) is 19.3 Å². The van der Waals surface area contributed by atoms with Crippen LogP contribution in [0.1, 0.15) is 32.1 Å². The molecule has 0 spiro atoms. The molecule has 1 aliphatic rings. The molecule has 0 N–H and O–H groups in total. The third-order valence-electron chi connectivity index (χ3n) is 4.87. The van der Waals surface area contributed by atoms with Gasteiger partial charge in [0.25, 0.3) is 0 Å². The van der Waals surface area contributed by atoms with Crippen LogP contribution in [0.15, 0.2) is 12.4 Å². The lowest BCUT2D eigenvalue weighted by Crippen LogP contribution is -2.34. The number of hydrogen-bond acceptors (Lipinski definition) is 6. The predicted octanol–water partition coefficient (Wildman–Crippen LogP) is 3.42. The quantitative estimate of drug-likeness (QED) is 0.837. The summed E-state index contributed by atoms with van der Waals surface area (Å²) in [7, 11) is 6.95. The summed E-state index contributed by atoms with van der Waals surface area (Å²) in [6.07, 6.45) is 7.87. The SMILES string of the molecule is COc1cc2c(N(C)C3CCCCC3)ncnc2c(OC)c1OC. The zero-order valence-electron chi connectivity index (χ0n) is 14.8. The summed E-state index contributed by atoms with van der Waals surface area (Å²) in [5, 5.41) is 0.917. The van der Waals surface area contributed by atoms with Gasteiger partial charge in [0.15, 0.2) is 11.5 Å². The van der Waals surface area contributed by atoms with Crippen LogP contribution < -0.4 is 19.1 Å². The molecule has 6 nitrogen and oxygen atoms in total. The first-order valence-corrected chi connectivity index (χ1v) is 8.37. The molecule has 1 heterocycles. The van der Waals surface area contributed by atoms with E-state index >= 15 is 0 Å². The highest BCUT2D eigenvalue weighted by Gasteiger charge is 2.24. The molecule has 0 unspecified atom stereocenters. The van der Waals surface area contributed by atoms with Crippen LogP contribution in [-0.4, -0.2) is 44.4 Å². The molecule has 0 bridgehead atoms. The molecule has 1 fully saturated rings. The minimum atomic E-state index is 0.510. The third-order valence-corrected chi connectivity index (χ3v) is 4.87. The van der Waals surface area contributed by atoms with Gasteiger partial charge >= 0.3 is 0 Å². The lowest BCUT2D eigenvalue weighted by atomic mass is 9.94. The summed E-state index contributed by atoms with van der Waals surface area (Å²) in [5.74, 6) is 2.66. The number of methoxy groups -OCH3 is 3. The highest BCUT2D eigenvalue weighted by atomic mass is 16.5. The van der Waals surface area contributed by atoms with Crippen molar-refractivity contribution in [1.29, 1.82) is 0 Å². The van der Waals surface area contributed by atoms with Crippen LogP contribution in [0.2, 0.25) is 0 Å². The highest BCUT2D eigenvalue weighted by molar-refractivity contribution is 5.97. The number of aromatic nitrogens is 2. The Hall–Kier alpha value is -2.24. The summed E-state index contributed by atoms with van der Waals surface area (Å²) in [5.41, 5.74) is 0.739. The summed E-state index contributed by atoms with van der Waals surface area (Å²) in [4.78, 5) is 11.2. The van der Waals surface area contributed by atoms with E-state index in [9.17, 15) is 0 Å². The monoisotopic (exact) mass is 331 g/mol. The van der Waals surface area contributed by atoms with Gasteiger partial charge in [0.05, 0.1) is 26.7 Å². The van der Waals surface area contributed by atoms with Gasteiger partial charge in [0, 0.05) is 13.1 Å². The van der Waals surface area contributed by atoms with E-state index in [-0.39, 0.29) is 0 Å². The van der Waals surface area contributed by atoms with Crippen molar-refractivity contribution in [2.75, 3.05) is 33.3 Å². The highest BCUT2D eigenvalue weighted by Crippen LogP contribution is 2.44. The summed E-state index contributed by atoms with van der Waals surface area (Å²) in [6, 6.07) is 2.45. The molecule has 0 atom stereocenters. The van der Waals surface area contributed by atoms with Gasteiger partial charge in [-0.25, -0.2) is 9.97 Å². The number of anilines is 1. The van der Waals surface area contributed by atoms with Gasteiger partial charge in [-0.05, 0) is 18.9 Å². The second kappa shape index (κ2) is 7.11. The Balaban J connectivity index is 2.15. The minimum Gasteiger partial charge on any atom is -0.493 e. The topological polar surface area (TPSA) is 56.7 Å². The molecule has 6 heteroatoms. The van der Waals surface area contributed by atoms with Gasteiger partial charge in [0.2, 0.25) is 5.75 Å². The van der Waals surface area contributed by atoms with E-state index in [0.29, 0.717) is 23.3 Å². The van der Waals surface area contributed by atoms with E-state index < -0.39 is 0 Å². The number of hydrogen-bond donors (Lipinski definition) is 0. The van der Waals surface area contributed by atoms with Crippen molar-refractivity contribution in [3.63, 3.8) is 0 Å². The Morgan fingerprint density at radius 1 is 0.958 bits per heavy atom. The van der Waals surface area contributed by atoms with Crippen molar-refractivity contribution < 1.29 is 14.2 Å². The number of ether oxygens (including phenoxy) is 3. The lowest BCUT2D eigenvalue weighted by molar-refractivity contribution is 0.327. The van der Waals surface area contributed by atoms with Gasteiger partial charge in [0.1, 0.15) is 17.7 Å². The van der Waals surface area contributed by atoms with Crippen molar-refractivity contribution in [1.82, 2.24) is 9.97 Å². The fraction of sp³-hybridized carbons (Fsp3) is 0.556. The van der Waals surface area contributed by atoms with Gasteiger partial charge in [-0.2, -0.15) is 0 Å². The molecular weight excluding hydrogens is 306 g/mol. The average molecular weight is 331 g/mol. The summed E-state index contributed by atoms with van der Waals surface area (Å²) < 4.78 is 16.5. The van der Waals surface area contributed by atoms with Crippen LogP contribution >= 0.6 is 0 Å². The van der Waals surface area contributed by atoms with E-state index in [4.69, 9.17) is 14.2 Å². The van der Waals surface area contributed by atoms with Crippen LogP contribution in [0.25, 0.3) is 10.9 Å². The number of fused-ring (bicyclic) bond motifs is 1. The number of nitrogens with zero attached hydrogens (tertiary/aromatic N) is 3. The zero-order valence-corrected chi connectivity index (χ0v) is 14.8. The first-order valence-electron chi connectivity index (χ1n) is 8.37. The number of rotatable bonds is 5. The van der Waals surface area contributed by atoms with Crippen LogP contribution in [-0.2, 0) is 0 Å². The van der Waals surface area contributed by atoms with E-state index in [1.807, 2.05) is 6.07 Å². The Morgan fingerprint density at radius 3 is 2.29 bits per heavy atom. The average Bonchev–Trinajstić information content (AvgIpc) is 2.65. The first kappa shape index (κ1) is 16.6. The molecule has 0 radical (unpaired) electrons. The molecule has 1 aliphatic carbocycles. The van der Waals surface area contributed by atoms with Gasteiger partial charge in [-0.15, -0.1) is 0 Å². The molecule has 24 heavy (non-hydrogen) atoms. The second-order valence-electron chi connectivity index (χ2n) is 6.14. The second-order valence-corrected chi connectivity index (χ2v) is 6.14. The molecule has 1 saturated carbocycles. The maximum absolute atomic E-state index is 5.56. The lowest BCUT2D eigenvalue weighted by Gasteiger charge is -2.32. The normalized spacial score (nSPS) is 15.3. The summed E-state index contributed by atoms with van der Waals surface area (Å²) in [6.45, 7) is 0. The zero-order chi connectivity index (χ0) is 17.1. The molecule has 0 saturated heterocycles. The Kier molecular flexibility index (Phi) is 4.92. The minimum absolute atomic E-state index is 0.510. The van der Waals surface area contributed by atoms with Crippen molar-refractivity contribution in [3.05, 3.63) is 12.4 Å². The van der Waals surface area contributed by atoms with Gasteiger partial charge < -0.3 is 19.1 Å². The fourth-order valence-corrected chi connectivity index (χ4v) is 3.57. The Bertz CT molecular complexity index is 714. The molecule has 1 aromatic carbocycles. The van der Waals surface area contributed by atoms with Crippen LogP contribution in [0.3, 0.4) is 0 Å². The van der Waals surface area contributed by atoms with Crippen LogP contribution in [0.5, 0.6) is 17.2 Å². The first-order chi connectivity index (χ1) is 11.7. The third kappa shape index (κ3) is 2.81. The van der Waals surface area contributed by atoms with Crippen LogP contribution in [0.4, 0.5) is 5.82 Å². The fourth-order valence-electron chi connectivity index (χ4n) is 3.57. The molecule has 0 aliphatic heterocycles. The van der Waals surface area contributed by atoms with E-state index in [2.05, 4.69) is 21.9 Å². The predicted molar refractivity (Wildman–Crippen MR) is 94.5 cm³/mol. The van der Waals surface area contributed by atoms with Crippen molar-refractivity contribution in [2.45, 2.75) is 38.1 Å². The number of benzene rings is 1. The Morgan fingerprint density at radius 2 is 1.67 bits per heavy atom. The molecule has 3 rings (SSSR count). The molecule has 2 aromatic rings. The molecule has 130 valence electrons. The van der Waals surface area contributed by atoms with E-state index in [1.54, 1.807) is 27.7 Å². The smallest absolute Gasteiger partial charge is 0.205 e.